The van der Waals surface area contributed by atoms with Crippen molar-refractivity contribution in [2.45, 2.75) is 39.1 Å². The van der Waals surface area contributed by atoms with E-state index >= 15 is 0 Å². The molecule has 0 bridgehead atoms. The lowest BCUT2D eigenvalue weighted by molar-refractivity contribution is 0.423. The average Bonchev–Trinajstić information content (AvgIpc) is 3.05. The highest BCUT2D eigenvalue weighted by Gasteiger charge is 2.13. The van der Waals surface area contributed by atoms with E-state index in [9.17, 15) is 0 Å². The molecule has 3 saturated heterocycles. The summed E-state index contributed by atoms with van der Waals surface area (Å²) in [6.07, 6.45) is 3.25. The molecule has 0 aromatic heterocycles. The van der Waals surface area contributed by atoms with Gasteiger partial charge in [0.1, 0.15) is 0 Å². The second kappa shape index (κ2) is 13.7. The van der Waals surface area contributed by atoms with Crippen LogP contribution in [0.2, 0.25) is 0 Å². The van der Waals surface area contributed by atoms with Crippen LogP contribution in [-0.2, 0) is 23.8 Å². The Balaban J connectivity index is 0. The van der Waals surface area contributed by atoms with E-state index in [-0.39, 0.29) is 0 Å². The summed E-state index contributed by atoms with van der Waals surface area (Å²) in [7, 11) is 0. The number of isocyanates is 2. The first-order valence-corrected chi connectivity index (χ1v) is 5.44. The van der Waals surface area contributed by atoms with Gasteiger partial charge in [0.15, 0.2) is 0 Å². The number of epoxide rings is 3. The van der Waals surface area contributed by atoms with Crippen LogP contribution in [0.1, 0.15) is 20.8 Å². The molecule has 3 atom stereocenters. The van der Waals surface area contributed by atoms with Gasteiger partial charge in [-0.25, -0.2) is 20.4 Å². The standard InChI is InChI=1S/3C3H6O.2CHNO/c3*1-3-2-4-3;2*2-1-3/h3*3H,2H2,1H3;2*2H. The van der Waals surface area contributed by atoms with Crippen molar-refractivity contribution < 1.29 is 23.8 Å². The minimum atomic E-state index is 0.583. The highest BCUT2D eigenvalue weighted by molar-refractivity contribution is 5.26. The molecule has 0 spiro atoms. The Hall–Kier alpha value is -1.36. The maximum Gasteiger partial charge on any atom is 0.231 e. The highest BCUT2D eigenvalue weighted by Crippen LogP contribution is 2.04. The second-order valence-corrected chi connectivity index (χ2v) is 3.64. The second-order valence-electron chi connectivity index (χ2n) is 3.64. The van der Waals surface area contributed by atoms with Gasteiger partial charge in [0.25, 0.3) is 0 Å². The van der Waals surface area contributed by atoms with Crippen molar-refractivity contribution in [2.75, 3.05) is 19.8 Å². The zero-order chi connectivity index (χ0) is 14.4. The van der Waals surface area contributed by atoms with Crippen molar-refractivity contribution in [3.63, 3.8) is 0 Å². The Morgan fingerprint density at radius 3 is 0.833 bits per heavy atom. The van der Waals surface area contributed by atoms with Crippen LogP contribution < -0.4 is 0 Å². The fourth-order valence-electron chi connectivity index (χ4n) is 0.289. The SMILES string of the molecule is CC1CO1.CC1CO1.CC1CO1.N=C=O.N=C=O. The highest BCUT2D eigenvalue weighted by atomic mass is 16.6. The van der Waals surface area contributed by atoms with Gasteiger partial charge in [-0.2, -0.15) is 0 Å². The molecule has 3 fully saturated rings. The van der Waals surface area contributed by atoms with E-state index in [0.717, 1.165) is 32.0 Å². The number of ether oxygens (including phenoxy) is 3. The number of rotatable bonds is 0. The van der Waals surface area contributed by atoms with Crippen LogP contribution in [0.25, 0.3) is 0 Å². The van der Waals surface area contributed by atoms with Crippen LogP contribution in [-0.4, -0.2) is 50.3 Å². The average molecular weight is 260 g/mol. The Kier molecular flexibility index (Phi) is 14.5. The van der Waals surface area contributed by atoms with Gasteiger partial charge < -0.3 is 14.2 Å². The monoisotopic (exact) mass is 260 g/mol. The zero-order valence-corrected chi connectivity index (χ0v) is 10.9. The number of carbonyl (C=O) groups excluding carboxylic acids is 2. The Morgan fingerprint density at radius 2 is 0.833 bits per heavy atom. The molecule has 104 valence electrons. The van der Waals surface area contributed by atoms with Crippen molar-refractivity contribution in [3.8, 4) is 0 Å². The van der Waals surface area contributed by atoms with Gasteiger partial charge in [0, 0.05) is 0 Å². The molecule has 2 N–H and O–H groups in total. The summed E-state index contributed by atoms with van der Waals surface area (Å²) in [6.45, 7) is 9.12. The van der Waals surface area contributed by atoms with E-state index in [0.29, 0.717) is 18.3 Å². The van der Waals surface area contributed by atoms with Gasteiger partial charge in [0.05, 0.1) is 38.1 Å². The van der Waals surface area contributed by atoms with E-state index in [1.54, 1.807) is 0 Å². The van der Waals surface area contributed by atoms with E-state index in [4.69, 9.17) is 34.6 Å². The third kappa shape index (κ3) is 46.7. The van der Waals surface area contributed by atoms with Gasteiger partial charge >= 0.3 is 0 Å². The molecule has 0 aliphatic carbocycles. The fourth-order valence-corrected chi connectivity index (χ4v) is 0.289. The summed E-state index contributed by atoms with van der Waals surface area (Å²) >= 11 is 0. The van der Waals surface area contributed by atoms with Crippen molar-refractivity contribution in [2.24, 2.45) is 0 Å². The van der Waals surface area contributed by atoms with Crippen molar-refractivity contribution >= 4 is 12.2 Å². The molecular formula is C11H20N2O5. The Bertz CT molecular complexity index is 212. The lowest BCUT2D eigenvalue weighted by Gasteiger charge is -1.51. The minimum Gasteiger partial charge on any atom is -0.373 e. The van der Waals surface area contributed by atoms with Crippen molar-refractivity contribution in [1.82, 2.24) is 0 Å². The van der Waals surface area contributed by atoms with Gasteiger partial charge in [0.2, 0.25) is 12.2 Å². The molecule has 3 aliphatic rings. The van der Waals surface area contributed by atoms with Crippen LogP contribution in [0.15, 0.2) is 0 Å². The van der Waals surface area contributed by atoms with Crippen molar-refractivity contribution in [3.05, 3.63) is 0 Å². The summed E-state index contributed by atoms with van der Waals surface area (Å²) in [4.78, 5) is 16.7. The molecule has 18 heavy (non-hydrogen) atoms. The number of nitrogens with one attached hydrogen (secondary N) is 2. The topological polar surface area (TPSA) is 119 Å². The van der Waals surface area contributed by atoms with Crippen molar-refractivity contribution in [1.29, 1.82) is 10.8 Å². The molecule has 0 radical (unpaired) electrons. The third-order valence-electron chi connectivity index (χ3n) is 1.50. The van der Waals surface area contributed by atoms with E-state index in [1.165, 1.54) is 0 Å². The Morgan fingerprint density at radius 1 is 0.778 bits per heavy atom. The fraction of sp³-hybridized carbons (Fsp3) is 0.818. The van der Waals surface area contributed by atoms with Crippen LogP contribution in [0, 0.1) is 10.8 Å². The number of hydrogen-bond acceptors (Lipinski definition) is 7. The van der Waals surface area contributed by atoms with Crippen LogP contribution >= 0.6 is 0 Å². The summed E-state index contributed by atoms with van der Waals surface area (Å²) < 4.78 is 14.1. The van der Waals surface area contributed by atoms with E-state index in [2.05, 4.69) is 20.8 Å². The first kappa shape index (κ1) is 19.0. The third-order valence-corrected chi connectivity index (χ3v) is 1.50. The van der Waals surface area contributed by atoms with Crippen LogP contribution in [0.4, 0.5) is 0 Å². The lowest BCUT2D eigenvalue weighted by atomic mass is 10.6. The van der Waals surface area contributed by atoms with Gasteiger partial charge in [-0.1, -0.05) is 0 Å². The molecule has 3 aliphatic heterocycles. The molecule has 0 aromatic carbocycles. The molecule has 3 heterocycles. The smallest absolute Gasteiger partial charge is 0.231 e. The molecule has 0 aromatic rings. The summed E-state index contributed by atoms with van der Waals surface area (Å²) in [5.74, 6) is 0. The van der Waals surface area contributed by atoms with Gasteiger partial charge in [-0.15, -0.1) is 0 Å². The first-order valence-electron chi connectivity index (χ1n) is 5.44. The predicted molar refractivity (Wildman–Crippen MR) is 63.1 cm³/mol. The molecule has 7 heteroatoms. The molecule has 0 amide bonds. The van der Waals surface area contributed by atoms with Gasteiger partial charge in [-0.3, -0.25) is 0 Å². The molecule has 0 saturated carbocycles. The maximum atomic E-state index is 8.35. The first-order chi connectivity index (χ1) is 8.51. The summed E-state index contributed by atoms with van der Waals surface area (Å²) in [5, 5.41) is 10.8. The normalized spacial score (nSPS) is 27.4. The van der Waals surface area contributed by atoms with E-state index < -0.39 is 0 Å². The molecular weight excluding hydrogens is 240 g/mol. The number of hydrogen-bond donors (Lipinski definition) is 2. The van der Waals surface area contributed by atoms with Gasteiger partial charge in [-0.05, 0) is 20.8 Å². The lowest BCUT2D eigenvalue weighted by Crippen LogP contribution is -1.60. The molecule has 3 rings (SSSR count). The Labute approximate surface area is 106 Å². The summed E-state index contributed by atoms with van der Waals surface area (Å²) in [6, 6.07) is 0. The maximum absolute atomic E-state index is 8.35. The molecule has 7 nitrogen and oxygen atoms in total. The minimum absolute atomic E-state index is 0.583. The molecule has 3 unspecified atom stereocenters. The van der Waals surface area contributed by atoms with Crippen LogP contribution in [0.5, 0.6) is 0 Å². The quantitative estimate of drug-likeness (QED) is 0.382. The van der Waals surface area contributed by atoms with E-state index in [1.807, 2.05) is 0 Å². The predicted octanol–water partition coefficient (Wildman–Crippen LogP) is 1.02. The zero-order valence-electron chi connectivity index (χ0n) is 10.9. The van der Waals surface area contributed by atoms with Crippen LogP contribution in [0.3, 0.4) is 0 Å². The summed E-state index contributed by atoms with van der Waals surface area (Å²) in [5.41, 5.74) is 0. The largest absolute Gasteiger partial charge is 0.373 e.